The maximum absolute atomic E-state index is 5.59. The normalized spacial score (nSPS) is 18.5. The summed E-state index contributed by atoms with van der Waals surface area (Å²) in [6.07, 6.45) is 5.47. The Morgan fingerprint density at radius 3 is 3.00 bits per heavy atom. The highest BCUT2D eigenvalue weighted by Gasteiger charge is 2.02. The Morgan fingerprint density at radius 1 is 1.73 bits per heavy atom. The molecule has 1 aliphatic heterocycles. The van der Waals surface area contributed by atoms with Gasteiger partial charge in [-0.15, -0.1) is 0 Å². The highest BCUT2D eigenvalue weighted by atomic mass is 14.9. The summed E-state index contributed by atoms with van der Waals surface area (Å²) in [7, 11) is 0. The summed E-state index contributed by atoms with van der Waals surface area (Å²) in [5.74, 6) is 0. The lowest BCUT2D eigenvalue weighted by Gasteiger charge is -2.13. The fourth-order valence-corrected chi connectivity index (χ4v) is 0.935. The second kappa shape index (κ2) is 3.14. The van der Waals surface area contributed by atoms with Crippen molar-refractivity contribution in [3.8, 4) is 0 Å². The van der Waals surface area contributed by atoms with Crippen LogP contribution in [0.1, 0.15) is 6.92 Å². The van der Waals surface area contributed by atoms with E-state index in [1.54, 1.807) is 0 Å². The van der Waals surface area contributed by atoms with Crippen LogP contribution in [0.3, 0.4) is 0 Å². The van der Waals surface area contributed by atoms with Gasteiger partial charge in [0.2, 0.25) is 0 Å². The third kappa shape index (κ3) is 1.77. The van der Waals surface area contributed by atoms with Crippen molar-refractivity contribution >= 4 is 0 Å². The molecule has 1 heterocycles. The molecule has 0 radical (unpaired) electrons. The molecule has 3 heteroatoms. The zero-order valence-electron chi connectivity index (χ0n) is 6.59. The van der Waals surface area contributed by atoms with Gasteiger partial charge in [0.25, 0.3) is 0 Å². The zero-order valence-corrected chi connectivity index (χ0v) is 6.59. The van der Waals surface area contributed by atoms with Crippen molar-refractivity contribution in [1.82, 2.24) is 5.32 Å². The molecular weight excluding hydrogens is 138 g/mol. The lowest BCUT2D eigenvalue weighted by atomic mass is 10.1. The number of nitrogens with two attached hydrogens (primary N) is 2. The quantitative estimate of drug-likeness (QED) is 0.501. The molecule has 0 fully saturated rings. The largest absolute Gasteiger partial charge is 0.403 e. The van der Waals surface area contributed by atoms with Gasteiger partial charge in [0.15, 0.2) is 0 Å². The van der Waals surface area contributed by atoms with E-state index in [0.717, 1.165) is 12.2 Å². The summed E-state index contributed by atoms with van der Waals surface area (Å²) in [6.45, 7) is 2.86. The summed E-state index contributed by atoms with van der Waals surface area (Å²) in [6, 6.07) is 0. The molecule has 60 valence electrons. The van der Waals surface area contributed by atoms with E-state index in [-0.39, 0.29) is 0 Å². The van der Waals surface area contributed by atoms with Gasteiger partial charge in [0, 0.05) is 12.7 Å². The third-order valence-corrected chi connectivity index (χ3v) is 1.58. The molecule has 0 spiro atoms. The van der Waals surface area contributed by atoms with Crippen LogP contribution in [0.4, 0.5) is 0 Å². The van der Waals surface area contributed by atoms with Gasteiger partial charge in [-0.2, -0.15) is 0 Å². The highest BCUT2D eigenvalue weighted by molar-refractivity contribution is 5.36. The molecule has 0 saturated carbocycles. The molecule has 0 aromatic rings. The van der Waals surface area contributed by atoms with Crippen LogP contribution >= 0.6 is 0 Å². The molecule has 0 amide bonds. The van der Waals surface area contributed by atoms with Crippen molar-refractivity contribution in [3.05, 3.63) is 35.3 Å². The average Bonchev–Trinajstić information content (AvgIpc) is 2.03. The van der Waals surface area contributed by atoms with Crippen LogP contribution in [0.25, 0.3) is 0 Å². The smallest absolute Gasteiger partial charge is 0.0707 e. The van der Waals surface area contributed by atoms with E-state index < -0.39 is 0 Å². The number of allylic oxidation sites excluding steroid dienone is 2. The number of dihydropyridines is 1. The molecule has 0 aromatic heterocycles. The van der Waals surface area contributed by atoms with Crippen molar-refractivity contribution in [2.45, 2.75) is 6.92 Å². The van der Waals surface area contributed by atoms with Gasteiger partial charge in [-0.1, -0.05) is 11.6 Å². The van der Waals surface area contributed by atoms with Crippen LogP contribution in [0.5, 0.6) is 0 Å². The van der Waals surface area contributed by atoms with E-state index in [1.807, 2.05) is 13.0 Å². The van der Waals surface area contributed by atoms with Crippen molar-refractivity contribution in [2.75, 3.05) is 6.54 Å². The Balaban J connectivity index is 2.81. The van der Waals surface area contributed by atoms with Gasteiger partial charge in [0.1, 0.15) is 0 Å². The van der Waals surface area contributed by atoms with Gasteiger partial charge in [-0.05, 0) is 13.0 Å². The average molecular weight is 151 g/mol. The maximum Gasteiger partial charge on any atom is 0.0707 e. The molecule has 1 rings (SSSR count). The van der Waals surface area contributed by atoms with E-state index in [4.69, 9.17) is 11.5 Å². The summed E-state index contributed by atoms with van der Waals surface area (Å²) in [5.41, 5.74) is 13.6. The summed E-state index contributed by atoms with van der Waals surface area (Å²) >= 11 is 0. The van der Waals surface area contributed by atoms with E-state index in [2.05, 4.69) is 11.4 Å². The Morgan fingerprint density at radius 2 is 2.45 bits per heavy atom. The Kier molecular flexibility index (Phi) is 2.21. The van der Waals surface area contributed by atoms with Crippen LogP contribution in [0.2, 0.25) is 0 Å². The molecule has 0 saturated heterocycles. The number of hydrogen-bond donors (Lipinski definition) is 3. The second-order valence-corrected chi connectivity index (χ2v) is 2.51. The molecular formula is C8H13N3. The summed E-state index contributed by atoms with van der Waals surface area (Å²) in [5, 5.41) is 3.11. The van der Waals surface area contributed by atoms with Crippen molar-refractivity contribution in [3.63, 3.8) is 0 Å². The first-order chi connectivity index (χ1) is 5.24. The van der Waals surface area contributed by atoms with E-state index in [0.29, 0.717) is 5.70 Å². The Bertz CT molecular complexity index is 236. The highest BCUT2D eigenvalue weighted by Crippen LogP contribution is 2.08. The monoisotopic (exact) mass is 151 g/mol. The molecule has 5 N–H and O–H groups in total. The van der Waals surface area contributed by atoms with Gasteiger partial charge in [-0.25, -0.2) is 0 Å². The lowest BCUT2D eigenvalue weighted by Crippen LogP contribution is -2.22. The summed E-state index contributed by atoms with van der Waals surface area (Å²) < 4.78 is 0. The lowest BCUT2D eigenvalue weighted by molar-refractivity contribution is 0.881. The molecule has 1 aliphatic rings. The van der Waals surface area contributed by atoms with E-state index in [9.17, 15) is 0 Å². The molecule has 0 aromatic carbocycles. The Hall–Kier alpha value is -1.38. The van der Waals surface area contributed by atoms with Gasteiger partial charge in [0.05, 0.1) is 11.4 Å². The molecule has 0 unspecified atom stereocenters. The molecule has 11 heavy (non-hydrogen) atoms. The second-order valence-electron chi connectivity index (χ2n) is 2.51. The SMILES string of the molecule is CC1=CCNC(/C(N)=C/N)=C1. The maximum atomic E-state index is 5.59. The first-order valence-electron chi connectivity index (χ1n) is 3.54. The van der Waals surface area contributed by atoms with E-state index >= 15 is 0 Å². The number of hydrogen-bond acceptors (Lipinski definition) is 3. The van der Waals surface area contributed by atoms with Crippen LogP contribution < -0.4 is 16.8 Å². The predicted molar refractivity (Wildman–Crippen MR) is 46.3 cm³/mol. The molecule has 0 bridgehead atoms. The number of rotatable bonds is 1. The van der Waals surface area contributed by atoms with Crippen molar-refractivity contribution in [2.24, 2.45) is 11.5 Å². The van der Waals surface area contributed by atoms with Crippen LogP contribution in [-0.2, 0) is 0 Å². The first-order valence-corrected chi connectivity index (χ1v) is 3.54. The Labute approximate surface area is 66.4 Å². The third-order valence-electron chi connectivity index (χ3n) is 1.58. The van der Waals surface area contributed by atoms with Crippen LogP contribution in [0, 0.1) is 0 Å². The fraction of sp³-hybridized carbons (Fsp3) is 0.250. The van der Waals surface area contributed by atoms with Gasteiger partial charge >= 0.3 is 0 Å². The van der Waals surface area contributed by atoms with Crippen molar-refractivity contribution < 1.29 is 0 Å². The van der Waals surface area contributed by atoms with Gasteiger partial charge in [-0.3, -0.25) is 0 Å². The van der Waals surface area contributed by atoms with Gasteiger partial charge < -0.3 is 16.8 Å². The van der Waals surface area contributed by atoms with Crippen LogP contribution in [-0.4, -0.2) is 6.54 Å². The fourth-order valence-electron chi connectivity index (χ4n) is 0.935. The number of nitrogens with one attached hydrogen (secondary N) is 1. The molecule has 0 atom stereocenters. The minimum absolute atomic E-state index is 0.595. The first kappa shape index (κ1) is 7.72. The van der Waals surface area contributed by atoms with E-state index in [1.165, 1.54) is 11.8 Å². The van der Waals surface area contributed by atoms with Crippen molar-refractivity contribution in [1.29, 1.82) is 0 Å². The molecule has 0 aliphatic carbocycles. The predicted octanol–water partition coefficient (Wildman–Crippen LogP) is 0.179. The minimum atomic E-state index is 0.595. The zero-order chi connectivity index (χ0) is 8.27. The van der Waals surface area contributed by atoms with Crippen LogP contribution in [0.15, 0.2) is 35.3 Å². The molecule has 3 nitrogen and oxygen atoms in total. The topological polar surface area (TPSA) is 64.1 Å². The summed E-state index contributed by atoms with van der Waals surface area (Å²) in [4.78, 5) is 0. The standard InChI is InChI=1S/C8H13N3/c1-6-2-3-11-8(4-6)7(10)5-9/h2,4-5,11H,3,9-10H2,1H3/b7-5-. The minimum Gasteiger partial charge on any atom is -0.403 e.